The molecule has 0 bridgehead atoms. The van der Waals surface area contributed by atoms with E-state index in [4.69, 9.17) is 19.2 Å². The van der Waals surface area contributed by atoms with Gasteiger partial charge in [0.2, 0.25) is 0 Å². The summed E-state index contributed by atoms with van der Waals surface area (Å²) < 4.78 is 17.1. The third-order valence-electron chi connectivity index (χ3n) is 5.13. The molecule has 2 aliphatic heterocycles. The first kappa shape index (κ1) is 23.2. The summed E-state index contributed by atoms with van der Waals surface area (Å²) in [6, 6.07) is 8.27. The first-order valence-corrected chi connectivity index (χ1v) is 10.2. The third-order valence-corrected chi connectivity index (χ3v) is 5.13. The van der Waals surface area contributed by atoms with Crippen molar-refractivity contribution in [2.24, 2.45) is 4.99 Å². The van der Waals surface area contributed by atoms with Gasteiger partial charge in [0.05, 0.1) is 19.8 Å². The van der Waals surface area contributed by atoms with E-state index in [1.54, 1.807) is 7.11 Å². The van der Waals surface area contributed by atoms with Crippen molar-refractivity contribution in [1.82, 2.24) is 10.2 Å². The van der Waals surface area contributed by atoms with E-state index in [2.05, 4.69) is 29.3 Å². The zero-order valence-corrected chi connectivity index (χ0v) is 19.4. The van der Waals surface area contributed by atoms with Crippen molar-refractivity contribution in [3.63, 3.8) is 0 Å². The lowest BCUT2D eigenvalue weighted by molar-refractivity contribution is -0.0817. The van der Waals surface area contributed by atoms with E-state index in [-0.39, 0.29) is 36.2 Å². The van der Waals surface area contributed by atoms with Gasteiger partial charge in [-0.3, -0.25) is 4.99 Å². The summed E-state index contributed by atoms with van der Waals surface area (Å²) in [5.41, 5.74) is 1.29. The predicted octanol–water partition coefficient (Wildman–Crippen LogP) is 3.09. The highest BCUT2D eigenvalue weighted by Gasteiger charge is 2.32. The molecule has 0 radical (unpaired) electrons. The molecular weight excluding hydrogens is 469 g/mol. The molecule has 0 spiro atoms. The molecule has 2 saturated heterocycles. The molecule has 0 aliphatic carbocycles. The van der Waals surface area contributed by atoms with Gasteiger partial charge in [-0.2, -0.15) is 0 Å². The Morgan fingerprint density at radius 2 is 2.14 bits per heavy atom. The number of rotatable bonds is 7. The van der Waals surface area contributed by atoms with Crippen LogP contribution in [0.1, 0.15) is 31.7 Å². The minimum absolute atomic E-state index is 0. The molecule has 0 amide bonds. The van der Waals surface area contributed by atoms with Crippen LogP contribution in [-0.4, -0.2) is 69.6 Å². The Kier molecular flexibility index (Phi) is 10.4. The summed E-state index contributed by atoms with van der Waals surface area (Å²) >= 11 is 0. The number of guanidine groups is 1. The van der Waals surface area contributed by atoms with E-state index in [9.17, 15) is 0 Å². The molecule has 28 heavy (non-hydrogen) atoms. The minimum Gasteiger partial charge on any atom is -0.497 e. The van der Waals surface area contributed by atoms with Gasteiger partial charge >= 0.3 is 0 Å². The molecule has 1 aromatic rings. The Labute approximate surface area is 186 Å². The summed E-state index contributed by atoms with van der Waals surface area (Å²) in [6.07, 6.45) is 4.66. The molecular formula is C21H34IN3O3. The number of methoxy groups -OCH3 is 1. The number of nitrogens with zero attached hydrogens (tertiary/aromatic N) is 2. The summed E-state index contributed by atoms with van der Waals surface area (Å²) in [4.78, 5) is 7.18. The standard InChI is InChI=1S/C21H33N3O3.HI/c1-3-22-21(23-11-5-8-17-7-4-9-18(15-17)25-2)24-12-14-27-20(16-24)19-10-6-13-26-19;/h4,7,9,15,19-20H,3,5-6,8,10-14,16H2,1-2H3,(H,22,23);1H. The SMILES string of the molecule is CCNC(=NCCCc1cccc(OC)c1)N1CCOC(C2CCCO2)C1.I. The summed E-state index contributed by atoms with van der Waals surface area (Å²) in [7, 11) is 1.71. The van der Waals surface area contributed by atoms with Crippen LogP contribution in [0.2, 0.25) is 0 Å². The Balaban J connectivity index is 0.00000280. The number of morpholine rings is 1. The molecule has 0 saturated carbocycles. The van der Waals surface area contributed by atoms with Gasteiger partial charge in [0.1, 0.15) is 11.9 Å². The molecule has 2 fully saturated rings. The molecule has 0 aromatic heterocycles. The highest BCUT2D eigenvalue weighted by molar-refractivity contribution is 14.0. The Bertz CT molecular complexity index is 608. The maximum Gasteiger partial charge on any atom is 0.194 e. The number of aliphatic imine (C=N–C) groups is 1. The lowest BCUT2D eigenvalue weighted by Crippen LogP contribution is -2.53. The fourth-order valence-corrected chi connectivity index (χ4v) is 3.71. The number of ether oxygens (including phenoxy) is 3. The second-order valence-electron chi connectivity index (χ2n) is 7.10. The number of hydrogen-bond donors (Lipinski definition) is 1. The highest BCUT2D eigenvalue weighted by atomic mass is 127. The molecule has 1 N–H and O–H groups in total. The molecule has 2 heterocycles. The maximum atomic E-state index is 5.96. The quantitative estimate of drug-likeness (QED) is 0.268. The first-order chi connectivity index (χ1) is 13.3. The normalized spacial score (nSPS) is 22.6. The van der Waals surface area contributed by atoms with Gasteiger partial charge in [-0.15, -0.1) is 24.0 Å². The van der Waals surface area contributed by atoms with Crippen LogP contribution in [0.4, 0.5) is 0 Å². The zero-order chi connectivity index (χ0) is 18.9. The average Bonchev–Trinajstić information content (AvgIpc) is 3.25. The number of aryl methyl sites for hydroxylation is 1. The molecule has 7 heteroatoms. The fraction of sp³-hybridized carbons (Fsp3) is 0.667. The van der Waals surface area contributed by atoms with Crippen molar-refractivity contribution in [2.75, 3.05) is 46.5 Å². The third kappa shape index (κ3) is 6.77. The molecule has 158 valence electrons. The van der Waals surface area contributed by atoms with Crippen molar-refractivity contribution in [2.45, 2.75) is 44.8 Å². The van der Waals surface area contributed by atoms with E-state index in [0.29, 0.717) is 0 Å². The Morgan fingerprint density at radius 3 is 2.89 bits per heavy atom. The van der Waals surface area contributed by atoms with E-state index >= 15 is 0 Å². The van der Waals surface area contributed by atoms with Gasteiger partial charge in [0, 0.05) is 32.8 Å². The van der Waals surface area contributed by atoms with Gasteiger partial charge < -0.3 is 24.4 Å². The fourth-order valence-electron chi connectivity index (χ4n) is 3.71. The zero-order valence-electron chi connectivity index (χ0n) is 17.1. The second-order valence-corrected chi connectivity index (χ2v) is 7.10. The number of hydrogen-bond acceptors (Lipinski definition) is 4. The smallest absolute Gasteiger partial charge is 0.194 e. The Morgan fingerprint density at radius 1 is 1.29 bits per heavy atom. The number of nitrogens with one attached hydrogen (secondary N) is 1. The molecule has 2 aliphatic rings. The van der Waals surface area contributed by atoms with Crippen LogP contribution >= 0.6 is 24.0 Å². The van der Waals surface area contributed by atoms with Crippen molar-refractivity contribution in [1.29, 1.82) is 0 Å². The van der Waals surface area contributed by atoms with E-state index in [1.165, 1.54) is 5.56 Å². The predicted molar refractivity (Wildman–Crippen MR) is 123 cm³/mol. The van der Waals surface area contributed by atoms with Crippen molar-refractivity contribution >= 4 is 29.9 Å². The topological polar surface area (TPSA) is 55.3 Å². The van der Waals surface area contributed by atoms with Gasteiger partial charge in [-0.05, 0) is 50.3 Å². The van der Waals surface area contributed by atoms with Crippen LogP contribution in [0.25, 0.3) is 0 Å². The summed E-state index contributed by atoms with van der Waals surface area (Å²) in [5, 5.41) is 3.44. The molecule has 3 rings (SSSR count). The van der Waals surface area contributed by atoms with E-state index in [1.807, 2.05) is 12.1 Å². The minimum atomic E-state index is 0. The van der Waals surface area contributed by atoms with Crippen LogP contribution in [-0.2, 0) is 15.9 Å². The van der Waals surface area contributed by atoms with E-state index < -0.39 is 0 Å². The Hall–Kier alpha value is -1.06. The lowest BCUT2D eigenvalue weighted by atomic mass is 10.1. The van der Waals surface area contributed by atoms with Gasteiger partial charge in [-0.1, -0.05) is 12.1 Å². The van der Waals surface area contributed by atoms with E-state index in [0.717, 1.165) is 76.8 Å². The van der Waals surface area contributed by atoms with Crippen LogP contribution in [0.15, 0.2) is 29.3 Å². The largest absolute Gasteiger partial charge is 0.497 e. The summed E-state index contributed by atoms with van der Waals surface area (Å²) in [5.74, 6) is 1.91. The van der Waals surface area contributed by atoms with Gasteiger partial charge in [0.15, 0.2) is 5.96 Å². The number of benzene rings is 1. The first-order valence-electron chi connectivity index (χ1n) is 10.2. The summed E-state index contributed by atoms with van der Waals surface area (Å²) in [6.45, 7) is 7.13. The van der Waals surface area contributed by atoms with Gasteiger partial charge in [0.25, 0.3) is 0 Å². The average molecular weight is 503 g/mol. The van der Waals surface area contributed by atoms with Crippen molar-refractivity contribution < 1.29 is 14.2 Å². The van der Waals surface area contributed by atoms with Gasteiger partial charge in [-0.25, -0.2) is 0 Å². The van der Waals surface area contributed by atoms with Crippen LogP contribution < -0.4 is 10.1 Å². The van der Waals surface area contributed by atoms with Crippen LogP contribution in [0.5, 0.6) is 5.75 Å². The maximum absolute atomic E-state index is 5.96. The monoisotopic (exact) mass is 503 g/mol. The molecule has 6 nitrogen and oxygen atoms in total. The van der Waals surface area contributed by atoms with Crippen LogP contribution in [0.3, 0.4) is 0 Å². The van der Waals surface area contributed by atoms with Crippen LogP contribution in [0, 0.1) is 0 Å². The second kappa shape index (κ2) is 12.5. The molecule has 1 aromatic carbocycles. The molecule has 2 atom stereocenters. The highest BCUT2D eigenvalue weighted by Crippen LogP contribution is 2.21. The van der Waals surface area contributed by atoms with Crippen molar-refractivity contribution in [3.05, 3.63) is 29.8 Å². The lowest BCUT2D eigenvalue weighted by Gasteiger charge is -2.37. The van der Waals surface area contributed by atoms with Crippen molar-refractivity contribution in [3.8, 4) is 5.75 Å². The molecule has 2 unspecified atom stereocenters. The number of halogens is 1.